The van der Waals surface area contributed by atoms with Crippen LogP contribution in [0.5, 0.6) is 5.75 Å². The lowest BCUT2D eigenvalue weighted by molar-refractivity contribution is -0.134. The van der Waals surface area contributed by atoms with Crippen LogP contribution in [-0.4, -0.2) is 68.7 Å². The maximum Gasteiger partial charge on any atom is 0.274 e. The van der Waals surface area contributed by atoms with Gasteiger partial charge in [-0.3, -0.25) is 29.6 Å². The lowest BCUT2D eigenvalue weighted by Gasteiger charge is -2.36. The van der Waals surface area contributed by atoms with Gasteiger partial charge in [-0.25, -0.2) is 0 Å². The number of benzene rings is 2. The summed E-state index contributed by atoms with van der Waals surface area (Å²) in [5, 5.41) is 13.9. The Labute approximate surface area is 314 Å². The van der Waals surface area contributed by atoms with Gasteiger partial charge >= 0.3 is 0 Å². The van der Waals surface area contributed by atoms with Crippen molar-refractivity contribution in [1.29, 1.82) is 0 Å². The zero-order chi connectivity index (χ0) is 37.2. The van der Waals surface area contributed by atoms with Crippen LogP contribution in [0.4, 0.5) is 5.69 Å². The second-order valence-corrected chi connectivity index (χ2v) is 15.4. The molecule has 4 aliphatic rings. The van der Waals surface area contributed by atoms with Crippen LogP contribution in [0.25, 0.3) is 21.8 Å². The number of hydrogen-bond donors (Lipinski definition) is 3. The van der Waals surface area contributed by atoms with E-state index in [4.69, 9.17) is 4.74 Å². The van der Waals surface area contributed by atoms with Gasteiger partial charge in [-0.15, -0.1) is 0 Å². The van der Waals surface area contributed by atoms with E-state index in [2.05, 4.69) is 60.8 Å². The molecule has 2 aliphatic heterocycles. The minimum atomic E-state index is -0.388. The van der Waals surface area contributed by atoms with Crippen molar-refractivity contribution in [2.45, 2.75) is 88.6 Å². The Morgan fingerprint density at radius 1 is 0.889 bits per heavy atom. The van der Waals surface area contributed by atoms with Gasteiger partial charge in [-0.2, -0.15) is 5.10 Å². The number of carbonyl (C=O) groups excluding carboxylic acids is 3. The van der Waals surface area contributed by atoms with Gasteiger partial charge in [-0.1, -0.05) is 31.4 Å². The van der Waals surface area contributed by atoms with E-state index in [0.717, 1.165) is 40.6 Å². The molecule has 1 atom stereocenters. The molecule has 282 valence electrons. The predicted molar refractivity (Wildman–Crippen MR) is 208 cm³/mol. The quantitative estimate of drug-likeness (QED) is 0.151. The molecule has 3 aromatic heterocycles. The number of H-pyrrole nitrogens is 1. The second-order valence-electron chi connectivity index (χ2n) is 15.4. The largest absolute Gasteiger partial charge is 0.496 e. The van der Waals surface area contributed by atoms with Gasteiger partial charge in [0.15, 0.2) is 0 Å². The van der Waals surface area contributed by atoms with Gasteiger partial charge < -0.3 is 24.1 Å². The zero-order valence-electron chi connectivity index (χ0n) is 30.9. The van der Waals surface area contributed by atoms with Gasteiger partial charge in [0.05, 0.1) is 30.3 Å². The molecule has 3 N–H and O–H groups in total. The van der Waals surface area contributed by atoms with Crippen LogP contribution in [0.2, 0.25) is 0 Å². The molecule has 5 heterocycles. The number of hydrogen-bond acceptors (Lipinski definition) is 7. The summed E-state index contributed by atoms with van der Waals surface area (Å²) in [7, 11) is 1.50. The van der Waals surface area contributed by atoms with E-state index >= 15 is 0 Å². The maximum absolute atomic E-state index is 12.6. The first-order valence-electron chi connectivity index (χ1n) is 19.6. The van der Waals surface area contributed by atoms with Crippen molar-refractivity contribution in [2.24, 2.45) is 5.92 Å². The fourth-order valence-corrected chi connectivity index (χ4v) is 8.69. The summed E-state index contributed by atoms with van der Waals surface area (Å²) < 4.78 is 9.40. The van der Waals surface area contributed by atoms with Gasteiger partial charge in [0.1, 0.15) is 11.4 Å². The number of nitrogens with one attached hydrogen (secondary N) is 3. The lowest BCUT2D eigenvalue weighted by Crippen LogP contribution is -2.39. The minimum absolute atomic E-state index is 0.150. The minimum Gasteiger partial charge on any atom is -0.496 e. The number of aromatic nitrogens is 4. The highest BCUT2D eigenvalue weighted by atomic mass is 16.5. The van der Waals surface area contributed by atoms with Crippen molar-refractivity contribution in [3.05, 3.63) is 88.6 Å². The SMILES string of the molecule is COc1cc2[nH]ncc2cc1C(=O)Nc1cccn(C2CC2)c1=O.O=C1CCC(c2cccc3c2ccn3C2CCN(CC3CCCCC3)CC2)C(=O)N1. The van der Waals surface area contributed by atoms with Crippen molar-refractivity contribution in [3.8, 4) is 5.75 Å². The second kappa shape index (κ2) is 15.6. The van der Waals surface area contributed by atoms with Crippen LogP contribution >= 0.6 is 0 Å². The molecule has 3 amide bonds. The topological polar surface area (TPSA) is 143 Å². The van der Waals surface area contributed by atoms with Crippen LogP contribution in [0.3, 0.4) is 0 Å². The molecule has 5 aromatic rings. The van der Waals surface area contributed by atoms with Crippen molar-refractivity contribution in [3.63, 3.8) is 0 Å². The molecule has 9 rings (SSSR count). The summed E-state index contributed by atoms with van der Waals surface area (Å²) in [6, 6.07) is 16.0. The fourth-order valence-electron chi connectivity index (χ4n) is 8.69. The Hall–Kier alpha value is -5.23. The van der Waals surface area contributed by atoms with Crippen molar-refractivity contribution in [1.82, 2.24) is 29.5 Å². The van der Waals surface area contributed by atoms with Gasteiger partial charge in [0.25, 0.3) is 11.5 Å². The molecule has 0 spiro atoms. The number of aromatic amines is 1. The number of pyridine rings is 1. The molecule has 2 saturated heterocycles. The molecule has 12 heteroatoms. The van der Waals surface area contributed by atoms with E-state index < -0.39 is 0 Å². The first-order chi connectivity index (χ1) is 26.4. The first-order valence-corrected chi connectivity index (χ1v) is 19.6. The van der Waals surface area contributed by atoms with Crippen molar-refractivity contribution in [2.75, 3.05) is 32.1 Å². The average molecular weight is 732 g/mol. The number of likely N-dealkylation sites (tertiary alicyclic amines) is 1. The van der Waals surface area contributed by atoms with Crippen LogP contribution in [0.15, 0.2) is 71.9 Å². The lowest BCUT2D eigenvalue weighted by atomic mass is 9.88. The number of methoxy groups -OCH3 is 1. The third-order valence-electron chi connectivity index (χ3n) is 11.8. The number of fused-ring (bicyclic) bond motifs is 2. The van der Waals surface area contributed by atoms with Gasteiger partial charge in [0.2, 0.25) is 11.8 Å². The summed E-state index contributed by atoms with van der Waals surface area (Å²) >= 11 is 0. The Morgan fingerprint density at radius 2 is 1.69 bits per heavy atom. The Balaban J connectivity index is 0.000000157. The third-order valence-corrected chi connectivity index (χ3v) is 11.8. The normalized spacial score (nSPS) is 20.1. The third kappa shape index (κ3) is 7.57. The van der Waals surface area contributed by atoms with E-state index in [1.807, 2.05) is 0 Å². The summed E-state index contributed by atoms with van der Waals surface area (Å²) in [4.78, 5) is 51.7. The highest BCUT2D eigenvalue weighted by Gasteiger charge is 2.31. The van der Waals surface area contributed by atoms with E-state index in [9.17, 15) is 19.2 Å². The number of rotatable bonds is 8. The molecule has 2 aliphatic carbocycles. The molecule has 4 fully saturated rings. The summed E-state index contributed by atoms with van der Waals surface area (Å²) in [5.74, 6) is 0.421. The van der Waals surface area contributed by atoms with Gasteiger partial charge in [0, 0.05) is 72.9 Å². The molecule has 0 radical (unpaired) electrons. The highest BCUT2D eigenvalue weighted by molar-refractivity contribution is 6.08. The van der Waals surface area contributed by atoms with E-state index in [1.165, 1.54) is 77.2 Å². The Bertz CT molecular complexity index is 2220. The molecule has 2 saturated carbocycles. The molecule has 12 nitrogen and oxygen atoms in total. The number of piperidine rings is 2. The van der Waals surface area contributed by atoms with Crippen LogP contribution < -0.4 is 20.9 Å². The van der Waals surface area contributed by atoms with Crippen molar-refractivity contribution >= 4 is 45.2 Å². The zero-order valence-corrected chi connectivity index (χ0v) is 30.9. The van der Waals surface area contributed by atoms with Crippen molar-refractivity contribution < 1.29 is 19.1 Å². The molecular weight excluding hydrogens is 683 g/mol. The number of amides is 3. The van der Waals surface area contributed by atoms with Crippen LogP contribution in [-0.2, 0) is 9.59 Å². The van der Waals surface area contributed by atoms with E-state index in [1.54, 1.807) is 41.2 Å². The summed E-state index contributed by atoms with van der Waals surface area (Å²) in [6.07, 6.45) is 18.1. The first kappa shape index (κ1) is 35.8. The predicted octanol–water partition coefficient (Wildman–Crippen LogP) is 6.70. The Kier molecular flexibility index (Phi) is 10.4. The fraction of sp³-hybridized carbons (Fsp3) is 0.452. The number of ether oxygens (including phenoxy) is 1. The number of anilines is 1. The number of nitrogens with zero attached hydrogens (tertiary/aromatic N) is 4. The average Bonchev–Trinajstić information content (AvgIpc) is 3.77. The highest BCUT2D eigenvalue weighted by Crippen LogP contribution is 2.36. The molecular formula is C42H49N7O5. The number of imide groups is 1. The van der Waals surface area contributed by atoms with E-state index in [0.29, 0.717) is 30.2 Å². The smallest absolute Gasteiger partial charge is 0.274 e. The Morgan fingerprint density at radius 3 is 2.44 bits per heavy atom. The van der Waals surface area contributed by atoms with Gasteiger partial charge in [-0.05, 0) is 86.8 Å². The van der Waals surface area contributed by atoms with E-state index in [-0.39, 0.29) is 40.9 Å². The molecule has 54 heavy (non-hydrogen) atoms. The number of carbonyl (C=O) groups is 3. The summed E-state index contributed by atoms with van der Waals surface area (Å²) in [6.45, 7) is 3.67. The standard InChI is InChI=1S/C25H33N3O2.C17H16N4O3/c29-24-10-9-22(25(30)26-24)20-7-4-8-23-21(20)13-16-28(23)19-11-14-27(15-12-19)17-18-5-2-1-3-6-18;1-24-15-8-14-10(9-18-20-14)7-12(15)16(22)19-13-3-2-6-21(17(13)23)11-4-5-11/h4,7-8,13,16,18-19,22H,1-3,5-6,9-12,14-15,17H2,(H,26,29,30);2-3,6-9,11H,4-5H2,1H3,(H,18,20)(H,19,22). The maximum atomic E-state index is 12.6. The monoisotopic (exact) mass is 731 g/mol. The molecule has 1 unspecified atom stereocenters. The van der Waals surface area contributed by atoms with Crippen LogP contribution in [0, 0.1) is 5.92 Å². The van der Waals surface area contributed by atoms with Crippen LogP contribution in [0.1, 0.15) is 105 Å². The molecule has 2 aromatic carbocycles. The molecule has 0 bridgehead atoms. The summed E-state index contributed by atoms with van der Waals surface area (Å²) in [5.41, 5.74) is 3.50.